The summed E-state index contributed by atoms with van der Waals surface area (Å²) in [6.07, 6.45) is -0.620. The highest BCUT2D eigenvalue weighted by Gasteiger charge is 2.29. The Labute approximate surface area is 176 Å². The van der Waals surface area contributed by atoms with Crippen molar-refractivity contribution in [2.45, 2.75) is 38.3 Å². The standard InChI is InChI=1S/C23H27NO4S/c1-23(2,3)28-22(26)24-20(21(25)27-4)14-29-13-19-17-11-7-5-9-15(17)16-10-6-8-12-18(16)19/h5-12,19-20H,13-14H2,1-4H3,(H,24,26)/t20-/m1/s1. The van der Waals surface area contributed by atoms with Gasteiger partial charge < -0.3 is 14.8 Å². The zero-order valence-electron chi connectivity index (χ0n) is 17.2. The maximum atomic E-state index is 12.1. The molecule has 1 atom stereocenters. The van der Waals surface area contributed by atoms with Crippen LogP contribution in [0.1, 0.15) is 37.8 Å². The number of thioether (sulfide) groups is 1. The van der Waals surface area contributed by atoms with Crippen molar-refractivity contribution in [3.63, 3.8) is 0 Å². The Morgan fingerprint density at radius 3 is 2.10 bits per heavy atom. The van der Waals surface area contributed by atoms with Crippen LogP contribution < -0.4 is 5.32 Å². The minimum Gasteiger partial charge on any atom is -0.467 e. The Morgan fingerprint density at radius 2 is 1.59 bits per heavy atom. The van der Waals surface area contributed by atoms with Crippen LogP contribution in [-0.2, 0) is 14.3 Å². The summed E-state index contributed by atoms with van der Waals surface area (Å²) in [6, 6.07) is 16.1. The Morgan fingerprint density at radius 1 is 1.03 bits per heavy atom. The molecule has 0 fully saturated rings. The van der Waals surface area contributed by atoms with Crippen molar-refractivity contribution in [3.05, 3.63) is 59.7 Å². The molecule has 29 heavy (non-hydrogen) atoms. The van der Waals surface area contributed by atoms with Gasteiger partial charge in [-0.3, -0.25) is 0 Å². The summed E-state index contributed by atoms with van der Waals surface area (Å²) in [6.45, 7) is 5.34. The SMILES string of the molecule is COC(=O)[C@@H](CSCC1c2ccccc2-c2ccccc21)NC(=O)OC(C)(C)C. The van der Waals surface area contributed by atoms with Crippen LogP contribution in [0.2, 0.25) is 0 Å². The number of amides is 1. The largest absolute Gasteiger partial charge is 0.467 e. The Kier molecular flexibility index (Phi) is 6.52. The Balaban J connectivity index is 1.67. The first kappa shape index (κ1) is 21.2. The molecule has 0 saturated carbocycles. The molecule has 5 nitrogen and oxygen atoms in total. The van der Waals surface area contributed by atoms with Gasteiger partial charge in [-0.25, -0.2) is 9.59 Å². The number of carbonyl (C=O) groups excluding carboxylic acids is 2. The summed E-state index contributed by atoms with van der Waals surface area (Å²) in [5.41, 5.74) is 4.51. The van der Waals surface area contributed by atoms with Gasteiger partial charge in [-0.2, -0.15) is 11.8 Å². The van der Waals surface area contributed by atoms with Crippen molar-refractivity contribution in [2.75, 3.05) is 18.6 Å². The van der Waals surface area contributed by atoms with Crippen LogP contribution in [0.5, 0.6) is 0 Å². The van der Waals surface area contributed by atoms with Gasteiger partial charge in [0.05, 0.1) is 7.11 Å². The van der Waals surface area contributed by atoms with Crippen molar-refractivity contribution in [1.82, 2.24) is 5.32 Å². The lowest BCUT2D eigenvalue weighted by Gasteiger charge is -2.23. The Hall–Kier alpha value is -2.47. The van der Waals surface area contributed by atoms with E-state index < -0.39 is 23.7 Å². The zero-order chi connectivity index (χ0) is 21.0. The van der Waals surface area contributed by atoms with E-state index in [1.165, 1.54) is 29.4 Å². The molecule has 1 aliphatic carbocycles. The molecule has 2 aromatic carbocycles. The predicted molar refractivity (Wildman–Crippen MR) is 116 cm³/mol. The molecule has 3 rings (SSSR count). The number of rotatable bonds is 6. The highest BCUT2D eigenvalue weighted by Crippen LogP contribution is 2.45. The number of esters is 1. The topological polar surface area (TPSA) is 64.6 Å². The number of benzene rings is 2. The van der Waals surface area contributed by atoms with Crippen molar-refractivity contribution in [3.8, 4) is 11.1 Å². The van der Waals surface area contributed by atoms with Crippen LogP contribution in [0.4, 0.5) is 4.79 Å². The first-order valence-electron chi connectivity index (χ1n) is 9.63. The van der Waals surface area contributed by atoms with E-state index >= 15 is 0 Å². The number of methoxy groups -OCH3 is 1. The molecule has 2 aromatic rings. The maximum absolute atomic E-state index is 12.1. The van der Waals surface area contributed by atoms with Crippen molar-refractivity contribution in [1.29, 1.82) is 0 Å². The lowest BCUT2D eigenvalue weighted by atomic mass is 9.99. The summed E-state index contributed by atoms with van der Waals surface area (Å²) >= 11 is 1.62. The van der Waals surface area contributed by atoms with Gasteiger partial charge in [0.1, 0.15) is 11.6 Å². The van der Waals surface area contributed by atoms with Gasteiger partial charge in [0.25, 0.3) is 0 Å². The van der Waals surface area contributed by atoms with Gasteiger partial charge in [0, 0.05) is 17.4 Å². The first-order chi connectivity index (χ1) is 13.8. The molecule has 1 aliphatic rings. The minimum absolute atomic E-state index is 0.257. The summed E-state index contributed by atoms with van der Waals surface area (Å²) in [5.74, 6) is 0.993. The molecule has 1 N–H and O–H groups in total. The van der Waals surface area contributed by atoms with Crippen LogP contribution in [0.3, 0.4) is 0 Å². The fourth-order valence-corrected chi connectivity index (χ4v) is 4.69. The molecule has 0 aromatic heterocycles. The smallest absolute Gasteiger partial charge is 0.408 e. The van der Waals surface area contributed by atoms with Gasteiger partial charge in [-0.15, -0.1) is 0 Å². The number of hydrogen-bond donors (Lipinski definition) is 1. The Bertz CT molecular complexity index is 845. The highest BCUT2D eigenvalue weighted by atomic mass is 32.2. The third-order valence-corrected chi connectivity index (χ3v) is 5.85. The second kappa shape index (κ2) is 8.91. The van der Waals surface area contributed by atoms with E-state index in [1.54, 1.807) is 32.5 Å². The van der Waals surface area contributed by atoms with Crippen molar-refractivity contribution in [2.24, 2.45) is 0 Å². The van der Waals surface area contributed by atoms with Crippen LogP contribution >= 0.6 is 11.8 Å². The third kappa shape index (κ3) is 5.12. The molecule has 0 spiro atoms. The van der Waals surface area contributed by atoms with Gasteiger partial charge >= 0.3 is 12.1 Å². The molecule has 1 amide bonds. The van der Waals surface area contributed by atoms with Gasteiger partial charge in [-0.05, 0) is 43.0 Å². The third-order valence-electron chi connectivity index (χ3n) is 4.71. The average Bonchev–Trinajstić information content (AvgIpc) is 2.99. The second-order valence-corrected chi connectivity index (χ2v) is 9.06. The number of fused-ring (bicyclic) bond motifs is 3. The minimum atomic E-state index is -0.758. The fraction of sp³-hybridized carbons (Fsp3) is 0.391. The molecule has 0 radical (unpaired) electrons. The molecular weight excluding hydrogens is 386 g/mol. The molecule has 0 saturated heterocycles. The van der Waals surface area contributed by atoms with E-state index in [1.807, 2.05) is 0 Å². The lowest BCUT2D eigenvalue weighted by molar-refractivity contribution is -0.142. The van der Waals surface area contributed by atoms with Crippen LogP contribution in [0.15, 0.2) is 48.5 Å². The quantitative estimate of drug-likeness (QED) is 0.701. The summed E-state index contributed by atoms with van der Waals surface area (Å²) in [4.78, 5) is 24.2. The van der Waals surface area contributed by atoms with Gasteiger partial charge in [0.2, 0.25) is 0 Å². The maximum Gasteiger partial charge on any atom is 0.408 e. The second-order valence-electron chi connectivity index (χ2n) is 7.99. The summed E-state index contributed by atoms with van der Waals surface area (Å²) in [5, 5.41) is 2.63. The zero-order valence-corrected chi connectivity index (χ0v) is 18.0. The number of carbonyl (C=O) groups is 2. The van der Waals surface area contributed by atoms with E-state index in [0.717, 1.165) is 5.75 Å². The molecule has 0 unspecified atom stereocenters. The number of alkyl carbamates (subject to hydrolysis) is 1. The molecule has 6 heteroatoms. The normalized spacial score (nSPS) is 13.9. The van der Waals surface area contributed by atoms with E-state index in [0.29, 0.717) is 5.75 Å². The average molecular weight is 414 g/mol. The van der Waals surface area contributed by atoms with E-state index in [-0.39, 0.29) is 5.92 Å². The highest BCUT2D eigenvalue weighted by molar-refractivity contribution is 7.99. The molecule has 154 valence electrons. The number of hydrogen-bond acceptors (Lipinski definition) is 5. The van der Waals surface area contributed by atoms with Crippen LogP contribution in [0.25, 0.3) is 11.1 Å². The molecular formula is C23H27NO4S. The van der Waals surface area contributed by atoms with Crippen LogP contribution in [-0.4, -0.2) is 42.3 Å². The molecule has 0 aliphatic heterocycles. The predicted octanol–water partition coefficient (Wildman–Crippen LogP) is 4.60. The van der Waals surface area contributed by atoms with E-state index in [2.05, 4.69) is 53.8 Å². The monoisotopic (exact) mass is 413 g/mol. The van der Waals surface area contributed by atoms with Gasteiger partial charge in [0.15, 0.2) is 0 Å². The number of ether oxygens (including phenoxy) is 2. The van der Waals surface area contributed by atoms with Crippen molar-refractivity contribution < 1.29 is 19.1 Å². The van der Waals surface area contributed by atoms with Crippen LogP contribution in [0, 0.1) is 0 Å². The molecule has 0 bridgehead atoms. The molecule has 0 heterocycles. The summed E-state index contributed by atoms with van der Waals surface area (Å²) in [7, 11) is 1.32. The van der Waals surface area contributed by atoms with E-state index in [9.17, 15) is 9.59 Å². The van der Waals surface area contributed by atoms with Crippen molar-refractivity contribution >= 4 is 23.8 Å². The summed E-state index contributed by atoms with van der Waals surface area (Å²) < 4.78 is 10.1. The lowest BCUT2D eigenvalue weighted by Crippen LogP contribution is -2.45. The number of nitrogens with one attached hydrogen (secondary N) is 1. The fourth-order valence-electron chi connectivity index (χ4n) is 3.50. The van der Waals surface area contributed by atoms with Gasteiger partial charge in [-0.1, -0.05) is 48.5 Å². The first-order valence-corrected chi connectivity index (χ1v) is 10.8. The van der Waals surface area contributed by atoms with E-state index in [4.69, 9.17) is 9.47 Å².